The third-order valence-corrected chi connectivity index (χ3v) is 1.73. The average molecular weight is 163 g/mol. The van der Waals surface area contributed by atoms with Gasteiger partial charge in [0, 0.05) is 0 Å². The van der Waals surface area contributed by atoms with Gasteiger partial charge in [-0.15, -0.1) is 0 Å². The van der Waals surface area contributed by atoms with Crippen LogP contribution in [0.2, 0.25) is 0 Å². The van der Waals surface area contributed by atoms with Crippen molar-refractivity contribution in [3.05, 3.63) is 35.4 Å². The summed E-state index contributed by atoms with van der Waals surface area (Å²) >= 11 is 0. The molecule has 0 aliphatic carbocycles. The fourth-order valence-electron chi connectivity index (χ4n) is 1.10. The highest BCUT2D eigenvalue weighted by Gasteiger charge is 2.02. The minimum absolute atomic E-state index is 0.245. The number of carbonyl (C=O) groups excluding carboxylic acids is 1. The summed E-state index contributed by atoms with van der Waals surface area (Å²) in [6.07, 6.45) is 2.07. The monoisotopic (exact) mass is 163 g/mol. The lowest BCUT2D eigenvalue weighted by Gasteiger charge is -1.97. The maximum atomic E-state index is 10.4. The standard InChI is InChI=1S/C10H11O2/c1-2-3-8-4-6-9(7-5-8)10(11)12/h4-7H,2-3H2,1H3. The van der Waals surface area contributed by atoms with Crippen LogP contribution in [-0.4, -0.2) is 5.97 Å². The summed E-state index contributed by atoms with van der Waals surface area (Å²) in [5, 5.41) is 10.4. The van der Waals surface area contributed by atoms with Crippen LogP contribution in [0.1, 0.15) is 29.3 Å². The molecule has 0 unspecified atom stereocenters. The zero-order chi connectivity index (χ0) is 8.97. The summed E-state index contributed by atoms with van der Waals surface area (Å²) in [5.74, 6) is -1.11. The summed E-state index contributed by atoms with van der Waals surface area (Å²) in [4.78, 5) is 10.4. The molecule has 2 heteroatoms. The van der Waals surface area contributed by atoms with Crippen molar-refractivity contribution in [2.75, 3.05) is 0 Å². The Morgan fingerprint density at radius 1 is 1.25 bits per heavy atom. The molecule has 0 spiro atoms. The number of rotatable bonds is 3. The zero-order valence-electron chi connectivity index (χ0n) is 7.04. The quantitative estimate of drug-likeness (QED) is 0.673. The van der Waals surface area contributed by atoms with E-state index in [4.69, 9.17) is 0 Å². The molecule has 0 amide bonds. The van der Waals surface area contributed by atoms with Crippen LogP contribution in [0.15, 0.2) is 24.3 Å². The van der Waals surface area contributed by atoms with Gasteiger partial charge in [-0.3, -0.25) is 0 Å². The van der Waals surface area contributed by atoms with Gasteiger partial charge in [-0.25, -0.2) is 9.90 Å². The highest BCUT2D eigenvalue weighted by molar-refractivity contribution is 5.87. The first kappa shape index (κ1) is 8.78. The van der Waals surface area contributed by atoms with Crippen LogP contribution < -0.4 is 0 Å². The topological polar surface area (TPSA) is 37.0 Å². The second-order valence-corrected chi connectivity index (χ2v) is 2.73. The van der Waals surface area contributed by atoms with Crippen LogP contribution >= 0.6 is 0 Å². The maximum absolute atomic E-state index is 10.4. The summed E-state index contributed by atoms with van der Waals surface area (Å²) in [6, 6.07) is 6.82. The van der Waals surface area contributed by atoms with E-state index in [9.17, 15) is 9.90 Å². The molecule has 1 aromatic rings. The number of hydrogen-bond acceptors (Lipinski definition) is 1. The Kier molecular flexibility index (Phi) is 2.86. The largest absolute Gasteiger partial charge is 0.386 e. The van der Waals surface area contributed by atoms with E-state index in [2.05, 4.69) is 6.92 Å². The van der Waals surface area contributed by atoms with Crippen molar-refractivity contribution in [1.29, 1.82) is 0 Å². The molecule has 1 aromatic carbocycles. The van der Waals surface area contributed by atoms with E-state index >= 15 is 0 Å². The highest BCUT2D eigenvalue weighted by atomic mass is 16.4. The van der Waals surface area contributed by atoms with Gasteiger partial charge in [0.25, 0.3) is 0 Å². The number of carbonyl (C=O) groups is 1. The second-order valence-electron chi connectivity index (χ2n) is 2.73. The highest BCUT2D eigenvalue weighted by Crippen LogP contribution is 2.06. The van der Waals surface area contributed by atoms with Gasteiger partial charge in [0.15, 0.2) is 0 Å². The first-order valence-electron chi connectivity index (χ1n) is 4.04. The molecular weight excluding hydrogens is 152 g/mol. The van der Waals surface area contributed by atoms with Crippen LogP contribution in [0.25, 0.3) is 0 Å². The molecule has 0 aliphatic rings. The van der Waals surface area contributed by atoms with Crippen molar-refractivity contribution in [2.24, 2.45) is 0 Å². The molecule has 0 bridgehead atoms. The molecule has 0 N–H and O–H groups in total. The summed E-state index contributed by atoms with van der Waals surface area (Å²) in [7, 11) is 0. The molecule has 2 nitrogen and oxygen atoms in total. The molecule has 0 heterocycles. The van der Waals surface area contributed by atoms with Crippen molar-refractivity contribution >= 4 is 5.97 Å². The molecule has 12 heavy (non-hydrogen) atoms. The van der Waals surface area contributed by atoms with E-state index in [0.29, 0.717) is 0 Å². The van der Waals surface area contributed by atoms with Crippen molar-refractivity contribution in [1.82, 2.24) is 0 Å². The molecule has 63 valence electrons. The van der Waals surface area contributed by atoms with E-state index in [-0.39, 0.29) is 5.56 Å². The van der Waals surface area contributed by atoms with Gasteiger partial charge in [0.2, 0.25) is 0 Å². The molecule has 1 rings (SSSR count). The molecule has 0 atom stereocenters. The molecule has 0 fully saturated rings. The van der Waals surface area contributed by atoms with Crippen molar-refractivity contribution in [3.8, 4) is 0 Å². The number of hydrogen-bond donors (Lipinski definition) is 0. The fraction of sp³-hybridized carbons (Fsp3) is 0.300. The lowest BCUT2D eigenvalue weighted by atomic mass is 10.1. The molecule has 0 aromatic heterocycles. The predicted molar refractivity (Wildman–Crippen MR) is 45.5 cm³/mol. The van der Waals surface area contributed by atoms with Gasteiger partial charge in [-0.1, -0.05) is 25.5 Å². The van der Waals surface area contributed by atoms with Crippen LogP contribution in [0.5, 0.6) is 0 Å². The minimum Gasteiger partial charge on any atom is -0.242 e. The molecule has 0 saturated carbocycles. The summed E-state index contributed by atoms with van der Waals surface area (Å²) < 4.78 is 0. The van der Waals surface area contributed by atoms with Crippen molar-refractivity contribution in [3.63, 3.8) is 0 Å². The lowest BCUT2D eigenvalue weighted by molar-refractivity contribution is 0.0573. The Labute approximate surface area is 71.8 Å². The Morgan fingerprint density at radius 3 is 2.25 bits per heavy atom. The zero-order valence-corrected chi connectivity index (χ0v) is 7.04. The van der Waals surface area contributed by atoms with Gasteiger partial charge in [0.1, 0.15) is 0 Å². The minimum atomic E-state index is -1.11. The second kappa shape index (κ2) is 3.90. The Bertz CT molecular complexity index is 262. The van der Waals surface area contributed by atoms with Crippen LogP contribution in [-0.2, 0) is 11.5 Å². The SMILES string of the molecule is CCCc1ccc(C([O])=O)cc1. The average Bonchev–Trinajstić information content (AvgIpc) is 2.06. The first-order valence-corrected chi connectivity index (χ1v) is 4.04. The van der Waals surface area contributed by atoms with E-state index in [1.165, 1.54) is 5.56 Å². The normalized spacial score (nSPS) is 9.75. The van der Waals surface area contributed by atoms with Crippen molar-refractivity contribution < 1.29 is 9.90 Å². The summed E-state index contributed by atoms with van der Waals surface area (Å²) in [5.41, 5.74) is 1.41. The van der Waals surface area contributed by atoms with E-state index in [0.717, 1.165) is 12.8 Å². The molecular formula is C10H11O2. The van der Waals surface area contributed by atoms with Gasteiger partial charge >= 0.3 is 5.97 Å². The fourth-order valence-corrected chi connectivity index (χ4v) is 1.10. The molecule has 0 aliphatic heterocycles. The van der Waals surface area contributed by atoms with Gasteiger partial charge in [-0.05, 0) is 24.1 Å². The summed E-state index contributed by atoms with van der Waals surface area (Å²) in [6.45, 7) is 2.09. The Hall–Kier alpha value is -1.31. The first-order chi connectivity index (χ1) is 5.74. The van der Waals surface area contributed by atoms with Gasteiger partial charge < -0.3 is 0 Å². The van der Waals surface area contributed by atoms with Crippen LogP contribution in [0.3, 0.4) is 0 Å². The van der Waals surface area contributed by atoms with Gasteiger partial charge in [-0.2, -0.15) is 0 Å². The number of aryl methyl sites for hydroxylation is 1. The van der Waals surface area contributed by atoms with Crippen LogP contribution in [0.4, 0.5) is 0 Å². The Balaban J connectivity index is 2.78. The smallest absolute Gasteiger partial charge is 0.242 e. The predicted octanol–water partition coefficient (Wildman–Crippen LogP) is 2.21. The molecule has 1 radical (unpaired) electrons. The van der Waals surface area contributed by atoms with Gasteiger partial charge in [0.05, 0.1) is 5.56 Å². The Morgan fingerprint density at radius 2 is 1.83 bits per heavy atom. The molecule has 0 saturated heterocycles. The van der Waals surface area contributed by atoms with E-state index < -0.39 is 5.97 Å². The van der Waals surface area contributed by atoms with E-state index in [1.807, 2.05) is 12.1 Å². The maximum Gasteiger partial charge on any atom is 0.386 e. The third kappa shape index (κ3) is 2.09. The lowest BCUT2D eigenvalue weighted by Crippen LogP contribution is -1.93. The van der Waals surface area contributed by atoms with E-state index in [1.54, 1.807) is 12.1 Å². The number of benzene rings is 1. The third-order valence-electron chi connectivity index (χ3n) is 1.73. The van der Waals surface area contributed by atoms with Crippen molar-refractivity contribution in [2.45, 2.75) is 19.8 Å². The van der Waals surface area contributed by atoms with Crippen LogP contribution in [0, 0.1) is 0 Å².